The molecule has 3 heteroatoms. The summed E-state index contributed by atoms with van der Waals surface area (Å²) in [5.41, 5.74) is 11.3. The largest absolute Gasteiger partial charge is 0.387 e. The van der Waals surface area contributed by atoms with Crippen molar-refractivity contribution in [2.75, 3.05) is 6.54 Å². The number of nitrogens with zero attached hydrogens (tertiary/aromatic N) is 1. The van der Waals surface area contributed by atoms with E-state index in [1.165, 1.54) is 49.0 Å². The minimum Gasteiger partial charge on any atom is -0.387 e. The molecular weight excluding hydrogens is 516 g/mol. The third-order valence-corrected chi connectivity index (χ3v) is 8.49. The fourth-order valence-electron chi connectivity index (χ4n) is 5.94. The smallest absolute Gasteiger partial charge is 0.0401 e. The number of nitrogens with one attached hydrogen (secondary N) is 1. The Labute approximate surface area is 229 Å². The predicted octanol–water partition coefficient (Wildman–Crippen LogP) is 8.78. The number of hydrogen-bond acceptors (Lipinski definition) is 2. The van der Waals surface area contributed by atoms with Gasteiger partial charge in [0.05, 0.1) is 0 Å². The Balaban J connectivity index is 1.34. The molecule has 3 aliphatic carbocycles. The van der Waals surface area contributed by atoms with Gasteiger partial charge in [-0.2, -0.15) is 0 Å². The summed E-state index contributed by atoms with van der Waals surface area (Å²) in [6.45, 7) is 0.881. The summed E-state index contributed by atoms with van der Waals surface area (Å²) >= 11 is 3.74. The van der Waals surface area contributed by atoms with Crippen molar-refractivity contribution in [1.29, 1.82) is 0 Å². The topological polar surface area (TPSA) is 24.4 Å². The first-order chi connectivity index (χ1) is 18.2. The lowest BCUT2D eigenvalue weighted by Gasteiger charge is -2.29. The van der Waals surface area contributed by atoms with E-state index < -0.39 is 0 Å². The van der Waals surface area contributed by atoms with Gasteiger partial charge < -0.3 is 5.32 Å². The van der Waals surface area contributed by atoms with Gasteiger partial charge in [0.2, 0.25) is 0 Å². The van der Waals surface area contributed by atoms with Crippen molar-refractivity contribution in [2.24, 2.45) is 10.9 Å². The van der Waals surface area contributed by atoms with Crippen LogP contribution >= 0.6 is 15.9 Å². The molecule has 37 heavy (non-hydrogen) atoms. The summed E-state index contributed by atoms with van der Waals surface area (Å²) in [5, 5.41) is 3.35. The average molecular weight is 550 g/mol. The van der Waals surface area contributed by atoms with Crippen LogP contribution in [0.2, 0.25) is 0 Å². The molecule has 0 saturated heterocycles. The molecule has 0 aromatic heterocycles. The number of dihydropyridines is 1. The van der Waals surface area contributed by atoms with E-state index in [1.807, 2.05) is 12.4 Å². The van der Waals surface area contributed by atoms with Crippen LogP contribution in [0.4, 0.5) is 0 Å². The molecule has 186 valence electrons. The second kappa shape index (κ2) is 11.1. The summed E-state index contributed by atoms with van der Waals surface area (Å²) in [6, 6.07) is 9.20. The average Bonchev–Trinajstić information content (AvgIpc) is 2.98. The Kier molecular flexibility index (Phi) is 7.23. The zero-order valence-corrected chi connectivity index (χ0v) is 22.8. The molecule has 5 aliphatic rings. The number of aliphatic imine (C=N–C) groups is 1. The lowest BCUT2D eigenvalue weighted by Crippen LogP contribution is -2.14. The maximum atomic E-state index is 4.44. The molecule has 1 aromatic rings. The highest BCUT2D eigenvalue weighted by Gasteiger charge is 2.25. The first-order valence-electron chi connectivity index (χ1n) is 13.5. The molecule has 6 rings (SSSR count). The molecule has 1 aromatic carbocycles. The first kappa shape index (κ1) is 24.2. The molecule has 1 N–H and O–H groups in total. The normalized spacial score (nSPS) is 25.2. The van der Waals surface area contributed by atoms with Gasteiger partial charge in [0.15, 0.2) is 0 Å². The number of allylic oxidation sites excluding steroid dienone is 15. The van der Waals surface area contributed by atoms with Gasteiger partial charge in [0, 0.05) is 35.3 Å². The SMILES string of the molecule is BrC1=CCCC(C2=CC(C3C=CC=C(C4=CN=CCC4)C3)=CC(c3cccc(C4=CC=CNC4)c3)C2)=C1. The van der Waals surface area contributed by atoms with Gasteiger partial charge in [0.1, 0.15) is 0 Å². The maximum Gasteiger partial charge on any atom is 0.0401 e. The van der Waals surface area contributed by atoms with E-state index in [0.717, 1.165) is 45.1 Å². The van der Waals surface area contributed by atoms with Crippen molar-refractivity contribution < 1.29 is 0 Å². The van der Waals surface area contributed by atoms with Gasteiger partial charge in [-0.3, -0.25) is 4.99 Å². The summed E-state index contributed by atoms with van der Waals surface area (Å²) in [7, 11) is 0. The number of benzene rings is 1. The molecule has 0 bridgehead atoms. The van der Waals surface area contributed by atoms with Crippen molar-refractivity contribution in [3.8, 4) is 0 Å². The molecule has 0 amide bonds. The predicted molar refractivity (Wildman–Crippen MR) is 161 cm³/mol. The number of rotatable bonds is 5. The fraction of sp³-hybridized carbons (Fsp3) is 0.265. The summed E-state index contributed by atoms with van der Waals surface area (Å²) in [5.74, 6) is 0.765. The van der Waals surface area contributed by atoms with Crippen LogP contribution < -0.4 is 5.32 Å². The van der Waals surface area contributed by atoms with Gasteiger partial charge in [-0.15, -0.1) is 0 Å². The third-order valence-electron chi connectivity index (χ3n) is 7.94. The van der Waals surface area contributed by atoms with Crippen molar-refractivity contribution in [1.82, 2.24) is 5.32 Å². The summed E-state index contributed by atoms with van der Waals surface area (Å²) < 4.78 is 1.21. The third kappa shape index (κ3) is 5.57. The molecule has 2 heterocycles. The lowest BCUT2D eigenvalue weighted by atomic mass is 9.75. The van der Waals surface area contributed by atoms with E-state index in [0.29, 0.717) is 11.8 Å². The van der Waals surface area contributed by atoms with Gasteiger partial charge in [-0.1, -0.05) is 82.7 Å². The first-order valence-corrected chi connectivity index (χ1v) is 14.3. The van der Waals surface area contributed by atoms with Gasteiger partial charge >= 0.3 is 0 Å². The van der Waals surface area contributed by atoms with E-state index in [1.54, 1.807) is 0 Å². The minimum absolute atomic E-state index is 0.370. The van der Waals surface area contributed by atoms with E-state index in [-0.39, 0.29) is 0 Å². The van der Waals surface area contributed by atoms with Gasteiger partial charge in [-0.25, -0.2) is 0 Å². The molecule has 0 saturated carbocycles. The second-order valence-electron chi connectivity index (χ2n) is 10.4. The summed E-state index contributed by atoms with van der Waals surface area (Å²) in [6.07, 6.45) is 33.5. The zero-order valence-electron chi connectivity index (χ0n) is 21.2. The van der Waals surface area contributed by atoms with Gasteiger partial charge in [0.25, 0.3) is 0 Å². The molecule has 2 unspecified atom stereocenters. The van der Waals surface area contributed by atoms with Crippen LogP contribution in [0.25, 0.3) is 5.57 Å². The van der Waals surface area contributed by atoms with Crippen molar-refractivity contribution in [3.63, 3.8) is 0 Å². The van der Waals surface area contributed by atoms with E-state index in [4.69, 9.17) is 0 Å². The fourth-order valence-corrected chi connectivity index (χ4v) is 6.45. The van der Waals surface area contributed by atoms with Crippen LogP contribution in [0, 0.1) is 5.92 Å². The number of hydrogen-bond donors (Lipinski definition) is 1. The van der Waals surface area contributed by atoms with Crippen LogP contribution in [0.15, 0.2) is 129 Å². The van der Waals surface area contributed by atoms with Crippen LogP contribution in [0.5, 0.6) is 0 Å². The van der Waals surface area contributed by atoms with Crippen molar-refractivity contribution in [2.45, 2.75) is 44.4 Å². The molecule has 2 aliphatic heterocycles. The molecular formula is C34H33BrN2. The second-order valence-corrected chi connectivity index (χ2v) is 11.3. The van der Waals surface area contributed by atoms with Gasteiger partial charge in [-0.05, 0) is 101 Å². The van der Waals surface area contributed by atoms with E-state index >= 15 is 0 Å². The van der Waals surface area contributed by atoms with Crippen molar-refractivity contribution >= 4 is 27.7 Å². The maximum absolute atomic E-state index is 4.44. The highest BCUT2D eigenvalue weighted by atomic mass is 79.9. The van der Waals surface area contributed by atoms with Crippen LogP contribution in [0.1, 0.15) is 55.6 Å². The van der Waals surface area contributed by atoms with E-state index in [9.17, 15) is 0 Å². The Morgan fingerprint density at radius 2 is 1.76 bits per heavy atom. The Hall–Kier alpha value is -3.17. The molecule has 0 fully saturated rings. The lowest BCUT2D eigenvalue weighted by molar-refractivity contribution is 0.708. The number of halogens is 1. The van der Waals surface area contributed by atoms with Crippen LogP contribution in [-0.2, 0) is 0 Å². The van der Waals surface area contributed by atoms with E-state index in [2.05, 4.69) is 111 Å². The van der Waals surface area contributed by atoms with Crippen molar-refractivity contribution in [3.05, 3.63) is 135 Å². The minimum atomic E-state index is 0.370. The molecule has 2 atom stereocenters. The highest BCUT2D eigenvalue weighted by molar-refractivity contribution is 9.11. The Bertz CT molecular complexity index is 1390. The summed E-state index contributed by atoms with van der Waals surface area (Å²) in [4.78, 5) is 4.44. The quantitative estimate of drug-likeness (QED) is 0.390. The standard InChI is InChI=1S/C34H33BrN2/c35-34-13-3-10-28(21-34)33-19-31(26-8-1-6-24(16-26)29-11-4-14-36-22-29)18-32(20-33)27-9-2-7-25(17-27)30-12-5-15-37-23-30/h1-2,4,6-9,11,13-16,18,20-21,23,27,31,36H,3,5,10,12,17,19,22H2. The Morgan fingerprint density at radius 3 is 2.59 bits per heavy atom. The molecule has 2 nitrogen and oxygen atoms in total. The van der Waals surface area contributed by atoms with Crippen LogP contribution in [-0.4, -0.2) is 12.8 Å². The van der Waals surface area contributed by atoms with Crippen LogP contribution in [0.3, 0.4) is 0 Å². The molecule has 0 spiro atoms. The Morgan fingerprint density at radius 1 is 0.865 bits per heavy atom. The molecule has 0 radical (unpaired) electrons. The highest BCUT2D eigenvalue weighted by Crippen LogP contribution is 2.42. The zero-order chi connectivity index (χ0) is 25.0. The monoisotopic (exact) mass is 548 g/mol.